The lowest BCUT2D eigenvalue weighted by Crippen LogP contribution is -1.99. The third-order valence-electron chi connectivity index (χ3n) is 2.99. The predicted octanol–water partition coefficient (Wildman–Crippen LogP) is 1.87. The van der Waals surface area contributed by atoms with E-state index in [2.05, 4.69) is 9.97 Å². The fraction of sp³-hybridized carbons (Fsp3) is 0.333. The number of aromatic nitrogens is 3. The Kier molecular flexibility index (Phi) is 2.24. The summed E-state index contributed by atoms with van der Waals surface area (Å²) in [5.41, 5.74) is 7.81. The molecule has 2 aromatic rings. The van der Waals surface area contributed by atoms with Gasteiger partial charge in [-0.1, -0.05) is 0 Å². The normalized spacial score (nSPS) is 14.9. The van der Waals surface area contributed by atoms with Crippen molar-refractivity contribution in [3.05, 3.63) is 24.7 Å². The average Bonchev–Trinajstić information content (AvgIpc) is 3.13. The van der Waals surface area contributed by atoms with Gasteiger partial charge in [0.2, 0.25) is 5.88 Å². The Morgan fingerprint density at radius 1 is 1.35 bits per heavy atom. The Hall–Kier alpha value is -2.04. The van der Waals surface area contributed by atoms with Crippen molar-refractivity contribution in [1.29, 1.82) is 0 Å². The van der Waals surface area contributed by atoms with Gasteiger partial charge in [-0.25, -0.2) is 9.97 Å². The third kappa shape index (κ3) is 1.73. The summed E-state index contributed by atoms with van der Waals surface area (Å²) in [4.78, 5) is 8.52. The minimum atomic E-state index is 0.544. The van der Waals surface area contributed by atoms with Gasteiger partial charge in [0.1, 0.15) is 11.5 Å². The van der Waals surface area contributed by atoms with Crippen LogP contribution in [0, 0.1) is 0 Å². The molecule has 1 fully saturated rings. The first-order chi connectivity index (χ1) is 8.29. The van der Waals surface area contributed by atoms with Gasteiger partial charge >= 0.3 is 0 Å². The topological polar surface area (TPSA) is 66.0 Å². The number of nitrogens with zero attached hydrogens (tertiary/aromatic N) is 3. The van der Waals surface area contributed by atoms with Crippen molar-refractivity contribution in [1.82, 2.24) is 14.5 Å². The predicted molar refractivity (Wildman–Crippen MR) is 64.7 cm³/mol. The van der Waals surface area contributed by atoms with Gasteiger partial charge in [-0.2, -0.15) is 0 Å². The quantitative estimate of drug-likeness (QED) is 0.874. The van der Waals surface area contributed by atoms with E-state index in [0.29, 0.717) is 11.9 Å². The molecule has 0 bridgehead atoms. The van der Waals surface area contributed by atoms with Crippen LogP contribution in [-0.4, -0.2) is 21.6 Å². The monoisotopic (exact) mass is 230 g/mol. The zero-order valence-electron chi connectivity index (χ0n) is 9.63. The van der Waals surface area contributed by atoms with Crippen molar-refractivity contribution in [3.8, 4) is 17.1 Å². The fourth-order valence-electron chi connectivity index (χ4n) is 1.88. The van der Waals surface area contributed by atoms with Crippen LogP contribution in [0.5, 0.6) is 5.88 Å². The number of rotatable bonds is 3. The van der Waals surface area contributed by atoms with E-state index in [1.807, 2.05) is 23.0 Å². The zero-order chi connectivity index (χ0) is 11.8. The molecule has 0 radical (unpaired) electrons. The summed E-state index contributed by atoms with van der Waals surface area (Å²) < 4.78 is 7.06. The largest absolute Gasteiger partial charge is 0.481 e. The lowest BCUT2D eigenvalue weighted by molar-refractivity contribution is 0.398. The Labute approximate surface area is 99.3 Å². The molecule has 3 rings (SSSR count). The minimum absolute atomic E-state index is 0.544. The van der Waals surface area contributed by atoms with Crippen LogP contribution in [0.25, 0.3) is 11.3 Å². The van der Waals surface area contributed by atoms with Crippen molar-refractivity contribution < 1.29 is 4.74 Å². The highest BCUT2D eigenvalue weighted by atomic mass is 16.5. The Balaban J connectivity index is 1.96. The second-order valence-electron chi connectivity index (χ2n) is 4.21. The number of nitrogens with two attached hydrogens (primary N) is 1. The Morgan fingerprint density at radius 2 is 2.18 bits per heavy atom. The summed E-state index contributed by atoms with van der Waals surface area (Å²) >= 11 is 0. The number of hydrogen-bond donors (Lipinski definition) is 1. The SMILES string of the molecule is COc1ccc(-c2ncn(C3CC3)c2N)cn1. The van der Waals surface area contributed by atoms with Crippen molar-refractivity contribution in [2.45, 2.75) is 18.9 Å². The van der Waals surface area contributed by atoms with Crippen molar-refractivity contribution in [2.75, 3.05) is 12.8 Å². The highest BCUT2D eigenvalue weighted by Crippen LogP contribution is 2.38. The molecular weight excluding hydrogens is 216 g/mol. The first-order valence-electron chi connectivity index (χ1n) is 5.62. The number of anilines is 1. The first-order valence-corrected chi connectivity index (χ1v) is 5.62. The van der Waals surface area contributed by atoms with Gasteiger partial charge in [-0.3, -0.25) is 0 Å². The lowest BCUT2D eigenvalue weighted by atomic mass is 10.2. The maximum Gasteiger partial charge on any atom is 0.212 e. The van der Waals surface area contributed by atoms with Crippen molar-refractivity contribution in [3.63, 3.8) is 0 Å². The van der Waals surface area contributed by atoms with Gasteiger partial charge < -0.3 is 15.0 Å². The molecule has 88 valence electrons. The number of nitrogen functional groups attached to an aromatic ring is 1. The van der Waals surface area contributed by atoms with Crippen molar-refractivity contribution in [2.24, 2.45) is 0 Å². The van der Waals surface area contributed by atoms with Crippen LogP contribution in [0.1, 0.15) is 18.9 Å². The molecule has 0 saturated heterocycles. The van der Waals surface area contributed by atoms with Gasteiger partial charge in [0.15, 0.2) is 0 Å². The fourth-order valence-corrected chi connectivity index (χ4v) is 1.88. The smallest absolute Gasteiger partial charge is 0.212 e. The maximum atomic E-state index is 6.09. The number of hydrogen-bond acceptors (Lipinski definition) is 4. The summed E-state index contributed by atoms with van der Waals surface area (Å²) in [6.45, 7) is 0. The van der Waals surface area contributed by atoms with Crippen LogP contribution in [0.15, 0.2) is 24.7 Å². The summed E-state index contributed by atoms with van der Waals surface area (Å²) in [5.74, 6) is 1.31. The molecule has 0 aromatic carbocycles. The van der Waals surface area contributed by atoms with Crippen LogP contribution in [0.2, 0.25) is 0 Å². The molecule has 5 nitrogen and oxygen atoms in total. The summed E-state index contributed by atoms with van der Waals surface area (Å²) in [6, 6.07) is 4.27. The maximum absolute atomic E-state index is 6.09. The molecule has 0 aliphatic heterocycles. The third-order valence-corrected chi connectivity index (χ3v) is 2.99. The molecule has 0 spiro atoms. The number of methoxy groups -OCH3 is 1. The van der Waals surface area contributed by atoms with E-state index in [0.717, 1.165) is 17.1 Å². The lowest BCUT2D eigenvalue weighted by Gasteiger charge is -2.04. The second-order valence-corrected chi connectivity index (χ2v) is 4.21. The molecule has 0 amide bonds. The zero-order valence-corrected chi connectivity index (χ0v) is 9.63. The van der Waals surface area contributed by atoms with E-state index in [4.69, 9.17) is 10.5 Å². The molecule has 2 N–H and O–H groups in total. The van der Waals surface area contributed by atoms with Gasteiger partial charge in [0.25, 0.3) is 0 Å². The van der Waals surface area contributed by atoms with Crippen molar-refractivity contribution >= 4 is 5.82 Å². The molecule has 2 aromatic heterocycles. The summed E-state index contributed by atoms with van der Waals surface area (Å²) in [5, 5.41) is 0. The molecule has 0 unspecified atom stereocenters. The van der Waals surface area contributed by atoms with Gasteiger partial charge in [-0.15, -0.1) is 0 Å². The minimum Gasteiger partial charge on any atom is -0.481 e. The van der Waals surface area contributed by atoms with E-state index in [1.54, 1.807) is 13.3 Å². The molecule has 5 heteroatoms. The Bertz CT molecular complexity index is 528. The highest BCUT2D eigenvalue weighted by molar-refractivity contribution is 5.70. The van der Waals surface area contributed by atoms with Gasteiger partial charge in [0, 0.05) is 23.9 Å². The van der Waals surface area contributed by atoms with Crippen LogP contribution in [0.3, 0.4) is 0 Å². The van der Waals surface area contributed by atoms with Crippen LogP contribution >= 0.6 is 0 Å². The van der Waals surface area contributed by atoms with Gasteiger partial charge in [0.05, 0.1) is 13.4 Å². The average molecular weight is 230 g/mol. The Morgan fingerprint density at radius 3 is 2.76 bits per heavy atom. The van der Waals surface area contributed by atoms with Crippen LogP contribution < -0.4 is 10.5 Å². The highest BCUT2D eigenvalue weighted by Gasteiger charge is 2.26. The molecule has 17 heavy (non-hydrogen) atoms. The molecule has 1 aliphatic carbocycles. The summed E-state index contributed by atoms with van der Waals surface area (Å²) in [7, 11) is 1.60. The summed E-state index contributed by atoms with van der Waals surface area (Å²) in [6.07, 6.45) is 5.93. The van der Waals surface area contributed by atoms with E-state index >= 15 is 0 Å². The molecule has 0 atom stereocenters. The molecule has 1 saturated carbocycles. The van der Waals surface area contributed by atoms with Crippen LogP contribution in [0.4, 0.5) is 5.82 Å². The second kappa shape index (κ2) is 3.76. The van der Waals surface area contributed by atoms with E-state index in [-0.39, 0.29) is 0 Å². The standard InChI is InChI=1S/C12H14N4O/c1-17-10-5-2-8(6-14-10)11-12(13)16(7-15-11)9-3-4-9/h2,5-7,9H,3-4,13H2,1H3. The number of imidazole rings is 1. The van der Waals surface area contributed by atoms with E-state index in [1.165, 1.54) is 12.8 Å². The molecule has 2 heterocycles. The first kappa shape index (κ1) is 10.1. The number of pyridine rings is 1. The van der Waals surface area contributed by atoms with E-state index in [9.17, 15) is 0 Å². The number of ether oxygens (including phenoxy) is 1. The van der Waals surface area contributed by atoms with E-state index < -0.39 is 0 Å². The molecular formula is C12H14N4O. The van der Waals surface area contributed by atoms with Gasteiger partial charge in [-0.05, 0) is 18.9 Å². The van der Waals surface area contributed by atoms with Crippen LogP contribution in [-0.2, 0) is 0 Å². The molecule has 1 aliphatic rings.